The van der Waals surface area contributed by atoms with Crippen molar-refractivity contribution in [1.82, 2.24) is 10.6 Å². The zero-order chi connectivity index (χ0) is 12.0. The Kier molecular flexibility index (Phi) is 5.69. The standard InChI is InChI=1S/C9H18N2O4/c1-5(2)6(3)10-9(15)11-7(4-12)8(13)14/h5-7,12H,4H2,1-3H3,(H,13,14)(H2,10,11,15). The monoisotopic (exact) mass is 218 g/mol. The summed E-state index contributed by atoms with van der Waals surface area (Å²) >= 11 is 0. The lowest BCUT2D eigenvalue weighted by Gasteiger charge is -2.19. The molecule has 2 amide bonds. The van der Waals surface area contributed by atoms with Gasteiger partial charge >= 0.3 is 12.0 Å². The first-order valence-corrected chi connectivity index (χ1v) is 4.79. The summed E-state index contributed by atoms with van der Waals surface area (Å²) in [7, 11) is 0. The quantitative estimate of drug-likeness (QED) is 0.512. The Bertz CT molecular complexity index is 230. The molecule has 0 saturated carbocycles. The maximum absolute atomic E-state index is 11.2. The van der Waals surface area contributed by atoms with E-state index < -0.39 is 24.6 Å². The molecule has 0 spiro atoms. The fraction of sp³-hybridized carbons (Fsp3) is 0.778. The van der Waals surface area contributed by atoms with Crippen LogP contribution < -0.4 is 10.6 Å². The highest BCUT2D eigenvalue weighted by atomic mass is 16.4. The van der Waals surface area contributed by atoms with Crippen LogP contribution in [0.5, 0.6) is 0 Å². The topological polar surface area (TPSA) is 98.7 Å². The number of rotatable bonds is 5. The van der Waals surface area contributed by atoms with Crippen molar-refractivity contribution in [3.63, 3.8) is 0 Å². The van der Waals surface area contributed by atoms with Crippen molar-refractivity contribution in [2.24, 2.45) is 5.92 Å². The largest absolute Gasteiger partial charge is 0.480 e. The molecule has 4 N–H and O–H groups in total. The van der Waals surface area contributed by atoms with E-state index in [2.05, 4.69) is 10.6 Å². The predicted molar refractivity (Wildman–Crippen MR) is 54.5 cm³/mol. The molecule has 88 valence electrons. The van der Waals surface area contributed by atoms with Crippen molar-refractivity contribution < 1.29 is 19.8 Å². The number of aliphatic hydroxyl groups is 1. The number of carboxylic acids is 1. The zero-order valence-electron chi connectivity index (χ0n) is 9.15. The summed E-state index contributed by atoms with van der Waals surface area (Å²) in [5.41, 5.74) is 0. The van der Waals surface area contributed by atoms with Crippen LogP contribution in [0.4, 0.5) is 4.79 Å². The molecule has 0 aliphatic rings. The van der Waals surface area contributed by atoms with Gasteiger partial charge in [-0.05, 0) is 12.8 Å². The number of carboxylic acid groups (broad SMARTS) is 1. The highest BCUT2D eigenvalue weighted by molar-refractivity contribution is 5.82. The average molecular weight is 218 g/mol. The van der Waals surface area contributed by atoms with Crippen molar-refractivity contribution in [3.8, 4) is 0 Å². The van der Waals surface area contributed by atoms with Crippen LogP contribution in [0.25, 0.3) is 0 Å². The van der Waals surface area contributed by atoms with Crippen LogP contribution in [-0.4, -0.2) is 40.9 Å². The molecule has 0 radical (unpaired) electrons. The third-order valence-electron chi connectivity index (χ3n) is 2.14. The molecule has 0 bridgehead atoms. The molecule has 0 fully saturated rings. The van der Waals surface area contributed by atoms with E-state index in [1.165, 1.54) is 0 Å². The first kappa shape index (κ1) is 13.7. The first-order valence-electron chi connectivity index (χ1n) is 4.79. The lowest BCUT2D eigenvalue weighted by Crippen LogP contribution is -2.50. The maximum Gasteiger partial charge on any atom is 0.328 e. The molecule has 15 heavy (non-hydrogen) atoms. The maximum atomic E-state index is 11.2. The van der Waals surface area contributed by atoms with Gasteiger partial charge < -0.3 is 20.8 Å². The zero-order valence-corrected chi connectivity index (χ0v) is 9.15. The number of hydrogen-bond donors (Lipinski definition) is 4. The second-order valence-corrected chi connectivity index (χ2v) is 3.72. The fourth-order valence-corrected chi connectivity index (χ4v) is 0.759. The van der Waals surface area contributed by atoms with Gasteiger partial charge in [0, 0.05) is 6.04 Å². The molecule has 2 atom stereocenters. The normalized spacial score (nSPS) is 14.5. The number of carbonyl (C=O) groups excluding carboxylic acids is 1. The first-order chi connectivity index (χ1) is 6.88. The molecule has 0 aliphatic carbocycles. The lowest BCUT2D eigenvalue weighted by atomic mass is 10.1. The lowest BCUT2D eigenvalue weighted by molar-refractivity contribution is -0.140. The van der Waals surface area contributed by atoms with Gasteiger partial charge in [0.15, 0.2) is 6.04 Å². The van der Waals surface area contributed by atoms with Crippen molar-refractivity contribution in [2.75, 3.05) is 6.61 Å². The van der Waals surface area contributed by atoms with Gasteiger partial charge in [-0.1, -0.05) is 13.8 Å². The Morgan fingerprint density at radius 2 is 1.73 bits per heavy atom. The molecule has 0 rings (SSSR count). The Morgan fingerprint density at radius 1 is 1.20 bits per heavy atom. The molecule has 0 aromatic carbocycles. The Labute approximate surface area is 88.7 Å². The summed E-state index contributed by atoms with van der Waals surface area (Å²) in [6.07, 6.45) is 0. The number of aliphatic carboxylic acids is 1. The van der Waals surface area contributed by atoms with Crippen molar-refractivity contribution >= 4 is 12.0 Å². The van der Waals surface area contributed by atoms with E-state index in [0.29, 0.717) is 0 Å². The van der Waals surface area contributed by atoms with Gasteiger partial charge in [-0.2, -0.15) is 0 Å². The number of hydrogen-bond acceptors (Lipinski definition) is 3. The van der Waals surface area contributed by atoms with Crippen molar-refractivity contribution in [3.05, 3.63) is 0 Å². The predicted octanol–water partition coefficient (Wildman–Crippen LogP) is -0.224. The van der Waals surface area contributed by atoms with Crippen LogP contribution in [-0.2, 0) is 4.79 Å². The van der Waals surface area contributed by atoms with Crippen LogP contribution in [0.2, 0.25) is 0 Å². The fourth-order valence-electron chi connectivity index (χ4n) is 0.759. The Balaban J connectivity index is 4.07. The minimum absolute atomic E-state index is 0.0573. The number of amides is 2. The molecule has 0 aliphatic heterocycles. The number of urea groups is 1. The number of nitrogens with one attached hydrogen (secondary N) is 2. The number of carbonyl (C=O) groups is 2. The second kappa shape index (κ2) is 6.23. The van der Waals surface area contributed by atoms with Gasteiger partial charge in [0.25, 0.3) is 0 Å². The summed E-state index contributed by atoms with van der Waals surface area (Å²) in [6.45, 7) is 5.06. The van der Waals surface area contributed by atoms with E-state index in [-0.39, 0.29) is 12.0 Å². The van der Waals surface area contributed by atoms with E-state index in [1.54, 1.807) is 0 Å². The number of aliphatic hydroxyl groups excluding tert-OH is 1. The molecular formula is C9H18N2O4. The van der Waals surface area contributed by atoms with E-state index >= 15 is 0 Å². The van der Waals surface area contributed by atoms with Gasteiger partial charge in [0.2, 0.25) is 0 Å². The van der Waals surface area contributed by atoms with Gasteiger partial charge in [0.1, 0.15) is 0 Å². The van der Waals surface area contributed by atoms with Crippen LogP contribution in [0.15, 0.2) is 0 Å². The molecule has 0 aromatic heterocycles. The molecule has 0 heterocycles. The Morgan fingerprint density at radius 3 is 2.07 bits per heavy atom. The average Bonchev–Trinajstić information content (AvgIpc) is 2.13. The summed E-state index contributed by atoms with van der Waals surface area (Å²) in [6, 6.07) is -1.90. The van der Waals surface area contributed by atoms with Crippen LogP contribution in [0.3, 0.4) is 0 Å². The van der Waals surface area contributed by atoms with Gasteiger partial charge in [-0.3, -0.25) is 0 Å². The molecule has 0 aromatic rings. The van der Waals surface area contributed by atoms with Crippen LogP contribution in [0.1, 0.15) is 20.8 Å². The third-order valence-corrected chi connectivity index (χ3v) is 2.14. The van der Waals surface area contributed by atoms with E-state index in [0.717, 1.165) is 0 Å². The highest BCUT2D eigenvalue weighted by Gasteiger charge is 2.19. The molecular weight excluding hydrogens is 200 g/mol. The second-order valence-electron chi connectivity index (χ2n) is 3.72. The van der Waals surface area contributed by atoms with Crippen LogP contribution >= 0.6 is 0 Å². The highest BCUT2D eigenvalue weighted by Crippen LogP contribution is 1.99. The van der Waals surface area contributed by atoms with Gasteiger partial charge in [0.05, 0.1) is 6.61 Å². The third kappa shape index (κ3) is 5.21. The van der Waals surface area contributed by atoms with E-state index in [4.69, 9.17) is 10.2 Å². The summed E-state index contributed by atoms with van der Waals surface area (Å²) in [4.78, 5) is 21.7. The van der Waals surface area contributed by atoms with Crippen molar-refractivity contribution in [2.45, 2.75) is 32.9 Å². The van der Waals surface area contributed by atoms with Crippen LogP contribution in [0, 0.1) is 5.92 Å². The minimum Gasteiger partial charge on any atom is -0.480 e. The summed E-state index contributed by atoms with van der Waals surface area (Å²) in [5.74, 6) is -1.00. The van der Waals surface area contributed by atoms with E-state index in [9.17, 15) is 9.59 Å². The Hall–Kier alpha value is -1.30. The van der Waals surface area contributed by atoms with Gasteiger partial charge in [-0.15, -0.1) is 0 Å². The molecule has 2 unspecified atom stereocenters. The SMILES string of the molecule is CC(C)C(C)NC(=O)NC(CO)C(=O)O. The molecule has 0 saturated heterocycles. The summed E-state index contributed by atoms with van der Waals surface area (Å²) < 4.78 is 0. The van der Waals surface area contributed by atoms with E-state index in [1.807, 2.05) is 20.8 Å². The molecule has 6 heteroatoms. The van der Waals surface area contributed by atoms with Crippen molar-refractivity contribution in [1.29, 1.82) is 0 Å². The van der Waals surface area contributed by atoms with Gasteiger partial charge in [-0.25, -0.2) is 9.59 Å². The smallest absolute Gasteiger partial charge is 0.328 e. The molecule has 6 nitrogen and oxygen atoms in total. The summed E-state index contributed by atoms with van der Waals surface area (Å²) in [5, 5.41) is 22.0. The minimum atomic E-state index is -1.26.